The Morgan fingerprint density at radius 1 is 1.29 bits per heavy atom. The molecule has 150 valence electrons. The van der Waals surface area contributed by atoms with Crippen LogP contribution in [-0.4, -0.2) is 47.0 Å². The van der Waals surface area contributed by atoms with Crippen molar-refractivity contribution >= 4 is 34.0 Å². The van der Waals surface area contributed by atoms with Gasteiger partial charge in [-0.25, -0.2) is 9.37 Å². The Bertz CT molecular complexity index is 863. The third-order valence-electron chi connectivity index (χ3n) is 4.18. The van der Waals surface area contributed by atoms with Gasteiger partial charge < -0.3 is 10.1 Å². The number of aromatic nitrogens is 1. The molecule has 9 heteroatoms. The van der Waals surface area contributed by atoms with E-state index in [1.807, 2.05) is 19.2 Å². The number of ether oxygens (including phenoxy) is 1. The van der Waals surface area contributed by atoms with Crippen LogP contribution in [0.2, 0.25) is 0 Å². The van der Waals surface area contributed by atoms with Gasteiger partial charge in [0.25, 0.3) is 5.91 Å². The molecular weight excluding hydrogens is 383 g/mol. The van der Waals surface area contributed by atoms with E-state index in [1.165, 1.54) is 30.4 Å². The van der Waals surface area contributed by atoms with Gasteiger partial charge in [-0.05, 0) is 32.0 Å². The van der Waals surface area contributed by atoms with Gasteiger partial charge in [0.2, 0.25) is 5.91 Å². The fourth-order valence-electron chi connectivity index (χ4n) is 3.22. The van der Waals surface area contributed by atoms with E-state index in [1.54, 1.807) is 0 Å². The average molecular weight is 406 g/mol. The molecule has 0 saturated carbocycles. The summed E-state index contributed by atoms with van der Waals surface area (Å²) in [6.45, 7) is 7.74. The first-order valence-electron chi connectivity index (χ1n) is 9.01. The highest BCUT2D eigenvalue weighted by Gasteiger charge is 2.23. The minimum absolute atomic E-state index is 0.154. The first-order chi connectivity index (χ1) is 13.3. The van der Waals surface area contributed by atoms with Crippen molar-refractivity contribution in [1.29, 1.82) is 0 Å². The summed E-state index contributed by atoms with van der Waals surface area (Å²) in [6, 6.07) is 3.85. The summed E-state index contributed by atoms with van der Waals surface area (Å²) in [7, 11) is 0. The molecule has 1 aromatic carbocycles. The van der Waals surface area contributed by atoms with Gasteiger partial charge in [-0.1, -0.05) is 0 Å². The number of halogens is 1. The van der Waals surface area contributed by atoms with E-state index in [4.69, 9.17) is 4.74 Å². The molecule has 7 nitrogen and oxygen atoms in total. The van der Waals surface area contributed by atoms with Gasteiger partial charge in [-0.15, -0.1) is 11.3 Å². The number of carbonyl (C=O) groups is 2. The maximum Gasteiger partial charge on any atom is 0.260 e. The van der Waals surface area contributed by atoms with Crippen molar-refractivity contribution in [1.82, 2.24) is 9.88 Å². The van der Waals surface area contributed by atoms with Crippen LogP contribution < -0.4 is 10.6 Å². The number of anilines is 2. The second-order valence-electron chi connectivity index (χ2n) is 6.93. The Morgan fingerprint density at radius 3 is 2.68 bits per heavy atom. The second kappa shape index (κ2) is 8.76. The standard InChI is InChI=1S/C19H23FN4O3S/c1-11-7-24(8-12(2)27-11)9-15-10-28-19(22-15)23-18(26)16-6-14(21-13(3)25)4-5-17(16)20/h4-6,10-12H,7-9H2,1-3H3,(H,21,25)(H,22,23,26). The molecule has 0 bridgehead atoms. The largest absolute Gasteiger partial charge is 0.373 e. The summed E-state index contributed by atoms with van der Waals surface area (Å²) in [5.41, 5.74) is 1.04. The molecule has 28 heavy (non-hydrogen) atoms. The van der Waals surface area contributed by atoms with E-state index in [9.17, 15) is 14.0 Å². The van der Waals surface area contributed by atoms with Gasteiger partial charge in [0.1, 0.15) is 5.82 Å². The van der Waals surface area contributed by atoms with Crippen molar-refractivity contribution in [2.45, 2.75) is 39.5 Å². The van der Waals surface area contributed by atoms with Gasteiger partial charge in [0.15, 0.2) is 5.13 Å². The van der Waals surface area contributed by atoms with Crippen LogP contribution in [-0.2, 0) is 16.1 Å². The number of thiazole rings is 1. The van der Waals surface area contributed by atoms with E-state index in [0.29, 0.717) is 17.4 Å². The van der Waals surface area contributed by atoms with E-state index in [-0.39, 0.29) is 23.7 Å². The number of morpholine rings is 1. The first kappa shape index (κ1) is 20.4. The normalized spacial score (nSPS) is 20.0. The van der Waals surface area contributed by atoms with Crippen molar-refractivity contribution in [2.24, 2.45) is 0 Å². The Balaban J connectivity index is 1.65. The highest BCUT2D eigenvalue weighted by atomic mass is 32.1. The molecule has 2 amide bonds. The number of benzene rings is 1. The Hall–Kier alpha value is -2.36. The van der Waals surface area contributed by atoms with Crippen LogP contribution in [0.1, 0.15) is 36.8 Å². The lowest BCUT2D eigenvalue weighted by Gasteiger charge is -2.34. The Kier molecular flexibility index (Phi) is 6.38. The van der Waals surface area contributed by atoms with Crippen molar-refractivity contribution in [3.05, 3.63) is 40.7 Å². The zero-order valence-corrected chi connectivity index (χ0v) is 16.8. The van der Waals surface area contributed by atoms with Crippen LogP contribution in [0.5, 0.6) is 0 Å². The monoisotopic (exact) mass is 406 g/mol. The highest BCUT2D eigenvalue weighted by Crippen LogP contribution is 2.21. The molecule has 0 aliphatic carbocycles. The Morgan fingerprint density at radius 2 is 2.00 bits per heavy atom. The fourth-order valence-corrected chi connectivity index (χ4v) is 3.92. The molecule has 2 atom stereocenters. The molecule has 1 aliphatic rings. The molecule has 0 radical (unpaired) electrons. The first-order valence-corrected chi connectivity index (χ1v) is 9.89. The topological polar surface area (TPSA) is 83.6 Å². The molecular formula is C19H23FN4O3S. The fraction of sp³-hybridized carbons (Fsp3) is 0.421. The van der Waals surface area contributed by atoms with Crippen LogP contribution in [0.15, 0.2) is 23.6 Å². The molecule has 1 aliphatic heterocycles. The van der Waals surface area contributed by atoms with E-state index < -0.39 is 11.7 Å². The van der Waals surface area contributed by atoms with Gasteiger partial charge in [0.05, 0.1) is 23.5 Å². The number of hydrogen-bond donors (Lipinski definition) is 2. The molecule has 2 N–H and O–H groups in total. The number of rotatable bonds is 5. The van der Waals surface area contributed by atoms with E-state index >= 15 is 0 Å². The van der Waals surface area contributed by atoms with Gasteiger partial charge in [0, 0.05) is 37.6 Å². The summed E-state index contributed by atoms with van der Waals surface area (Å²) < 4.78 is 19.8. The lowest BCUT2D eigenvalue weighted by molar-refractivity contribution is -0.114. The molecule has 1 fully saturated rings. The quantitative estimate of drug-likeness (QED) is 0.797. The molecule has 2 aromatic rings. The van der Waals surface area contributed by atoms with Gasteiger partial charge in [-0.2, -0.15) is 0 Å². The molecule has 3 rings (SSSR count). The van der Waals surface area contributed by atoms with Crippen molar-refractivity contribution in [3.8, 4) is 0 Å². The Labute approximate surface area is 166 Å². The van der Waals surface area contributed by atoms with Gasteiger partial charge in [-0.3, -0.25) is 19.8 Å². The van der Waals surface area contributed by atoms with Crippen molar-refractivity contribution < 1.29 is 18.7 Å². The van der Waals surface area contributed by atoms with Gasteiger partial charge >= 0.3 is 0 Å². The third kappa shape index (κ3) is 5.34. The summed E-state index contributed by atoms with van der Waals surface area (Å²) in [5, 5.41) is 7.44. The minimum Gasteiger partial charge on any atom is -0.373 e. The minimum atomic E-state index is -0.667. The van der Waals surface area contributed by atoms with Crippen LogP contribution in [0, 0.1) is 5.82 Å². The summed E-state index contributed by atoms with van der Waals surface area (Å²) in [5.74, 6) is -1.58. The lowest BCUT2D eigenvalue weighted by atomic mass is 10.1. The lowest BCUT2D eigenvalue weighted by Crippen LogP contribution is -2.44. The smallest absolute Gasteiger partial charge is 0.260 e. The number of nitrogens with zero attached hydrogens (tertiary/aromatic N) is 2. The predicted molar refractivity (Wildman–Crippen MR) is 106 cm³/mol. The molecule has 1 saturated heterocycles. The average Bonchev–Trinajstić information content (AvgIpc) is 3.02. The maximum atomic E-state index is 14.0. The molecule has 1 aromatic heterocycles. The van der Waals surface area contributed by atoms with Crippen LogP contribution in [0.25, 0.3) is 0 Å². The predicted octanol–water partition coefficient (Wildman–Crippen LogP) is 3.10. The number of hydrogen-bond acceptors (Lipinski definition) is 6. The number of carbonyl (C=O) groups excluding carboxylic acids is 2. The second-order valence-corrected chi connectivity index (χ2v) is 7.78. The number of nitrogens with one attached hydrogen (secondary N) is 2. The van der Waals surface area contributed by atoms with Crippen molar-refractivity contribution in [3.63, 3.8) is 0 Å². The van der Waals surface area contributed by atoms with E-state index in [0.717, 1.165) is 24.8 Å². The van der Waals surface area contributed by atoms with E-state index in [2.05, 4.69) is 20.5 Å². The number of amides is 2. The van der Waals surface area contributed by atoms with Crippen LogP contribution >= 0.6 is 11.3 Å². The molecule has 2 heterocycles. The summed E-state index contributed by atoms with van der Waals surface area (Å²) in [4.78, 5) is 30.3. The highest BCUT2D eigenvalue weighted by molar-refractivity contribution is 7.14. The molecule has 0 spiro atoms. The molecule has 2 unspecified atom stereocenters. The third-order valence-corrected chi connectivity index (χ3v) is 4.99. The zero-order valence-electron chi connectivity index (χ0n) is 16.0. The SMILES string of the molecule is CC(=O)Nc1ccc(F)c(C(=O)Nc2nc(CN3CC(C)OC(C)C3)cs2)c1. The van der Waals surface area contributed by atoms with Crippen LogP contribution in [0.4, 0.5) is 15.2 Å². The summed E-state index contributed by atoms with van der Waals surface area (Å²) >= 11 is 1.29. The maximum absolute atomic E-state index is 14.0. The van der Waals surface area contributed by atoms with Crippen molar-refractivity contribution in [2.75, 3.05) is 23.7 Å². The zero-order chi connectivity index (χ0) is 20.3. The summed E-state index contributed by atoms with van der Waals surface area (Å²) in [6.07, 6.45) is 0.334. The van der Waals surface area contributed by atoms with Crippen LogP contribution in [0.3, 0.4) is 0 Å².